The quantitative estimate of drug-likeness (QED) is 0.871. The van der Waals surface area contributed by atoms with E-state index in [1.807, 2.05) is 24.3 Å². The first-order chi connectivity index (χ1) is 12.5. The van der Waals surface area contributed by atoms with E-state index < -0.39 is 5.41 Å². The number of amides is 2. The second-order valence-corrected chi connectivity index (χ2v) is 6.80. The number of likely N-dealkylation sites (tertiary alicyclic amines) is 1. The normalized spacial score (nSPS) is 21.4. The number of rotatable bonds is 2. The average Bonchev–Trinajstić information content (AvgIpc) is 2.92. The number of para-hydroxylation sites is 1. The Hall–Kier alpha value is -3.02. The van der Waals surface area contributed by atoms with Crippen LogP contribution in [0.4, 0.5) is 5.69 Å². The summed E-state index contributed by atoms with van der Waals surface area (Å²) >= 11 is 0. The van der Waals surface area contributed by atoms with Gasteiger partial charge in [-0.25, -0.2) is 0 Å². The Labute approximate surface area is 151 Å². The summed E-state index contributed by atoms with van der Waals surface area (Å²) in [6.45, 7) is 0.921. The van der Waals surface area contributed by atoms with E-state index in [4.69, 9.17) is 4.74 Å². The number of carbonyl (C=O) groups is 2. The molecular formula is C20H20N2O4. The molecule has 0 unspecified atom stereocenters. The Balaban J connectivity index is 1.64. The minimum Gasteiger partial charge on any atom is -0.504 e. The van der Waals surface area contributed by atoms with E-state index in [-0.39, 0.29) is 17.6 Å². The molecule has 2 aliphatic rings. The van der Waals surface area contributed by atoms with Gasteiger partial charge in [0.2, 0.25) is 5.91 Å². The Morgan fingerprint density at radius 2 is 2.08 bits per heavy atom. The van der Waals surface area contributed by atoms with Crippen molar-refractivity contribution in [3.63, 3.8) is 0 Å². The van der Waals surface area contributed by atoms with E-state index >= 15 is 0 Å². The number of fused-ring (bicyclic) bond motifs is 2. The smallest absolute Gasteiger partial charge is 0.254 e. The van der Waals surface area contributed by atoms with Crippen LogP contribution in [0, 0.1) is 0 Å². The summed E-state index contributed by atoms with van der Waals surface area (Å²) < 4.78 is 5.03. The van der Waals surface area contributed by atoms with Gasteiger partial charge < -0.3 is 20.1 Å². The van der Waals surface area contributed by atoms with Gasteiger partial charge in [0.05, 0.1) is 12.5 Å². The lowest BCUT2D eigenvalue weighted by Crippen LogP contribution is -2.51. The van der Waals surface area contributed by atoms with Crippen molar-refractivity contribution in [2.75, 3.05) is 25.5 Å². The van der Waals surface area contributed by atoms with Crippen LogP contribution in [0.1, 0.15) is 28.8 Å². The highest BCUT2D eigenvalue weighted by Gasteiger charge is 2.49. The molecule has 0 radical (unpaired) electrons. The van der Waals surface area contributed by atoms with Gasteiger partial charge in [-0.1, -0.05) is 18.2 Å². The third kappa shape index (κ3) is 2.41. The van der Waals surface area contributed by atoms with Crippen molar-refractivity contribution in [1.29, 1.82) is 0 Å². The van der Waals surface area contributed by atoms with Gasteiger partial charge in [0, 0.05) is 24.3 Å². The summed E-state index contributed by atoms with van der Waals surface area (Å²) in [6.07, 6.45) is 1.46. The Morgan fingerprint density at radius 1 is 1.27 bits per heavy atom. The number of hydrogen-bond acceptors (Lipinski definition) is 4. The molecule has 134 valence electrons. The second-order valence-electron chi connectivity index (χ2n) is 6.80. The number of piperidine rings is 1. The number of benzene rings is 2. The third-order valence-corrected chi connectivity index (χ3v) is 5.33. The first-order valence-electron chi connectivity index (χ1n) is 8.62. The van der Waals surface area contributed by atoms with E-state index in [1.165, 1.54) is 13.2 Å². The summed E-state index contributed by atoms with van der Waals surface area (Å²) in [5.74, 6) is 0.00257. The van der Waals surface area contributed by atoms with Crippen molar-refractivity contribution in [1.82, 2.24) is 4.90 Å². The van der Waals surface area contributed by atoms with Gasteiger partial charge in [-0.05, 0) is 42.7 Å². The van der Waals surface area contributed by atoms with Crippen molar-refractivity contribution in [3.8, 4) is 11.5 Å². The van der Waals surface area contributed by atoms with Gasteiger partial charge in [0.25, 0.3) is 5.91 Å². The van der Waals surface area contributed by atoms with Gasteiger partial charge in [0.15, 0.2) is 11.5 Å². The molecule has 2 aliphatic heterocycles. The lowest BCUT2D eigenvalue weighted by molar-refractivity contribution is -0.122. The number of nitrogens with zero attached hydrogens (tertiary/aromatic N) is 1. The van der Waals surface area contributed by atoms with Crippen LogP contribution in [0.2, 0.25) is 0 Å². The number of ether oxygens (including phenoxy) is 1. The molecule has 0 aliphatic carbocycles. The maximum atomic E-state index is 13.0. The first kappa shape index (κ1) is 16.4. The number of phenols is 1. The standard InChI is InChI=1S/C20H20N2O4/c1-26-17-8-7-13(11-16(17)23)18(24)22-10-4-9-20(12-22)14-5-2-3-6-15(14)21-19(20)25/h2-3,5-8,11,23H,4,9-10,12H2,1H3,(H,21,25)/t20-/m1/s1. The minimum absolute atomic E-state index is 0.0474. The summed E-state index contributed by atoms with van der Waals surface area (Å²) in [5.41, 5.74) is 1.47. The molecule has 1 atom stereocenters. The number of aromatic hydroxyl groups is 1. The van der Waals surface area contributed by atoms with E-state index in [2.05, 4.69) is 5.32 Å². The number of phenolic OH excluding ortho intramolecular Hbond substituents is 1. The Morgan fingerprint density at radius 3 is 2.85 bits per heavy atom. The largest absolute Gasteiger partial charge is 0.504 e. The molecule has 4 rings (SSSR count). The molecule has 2 aromatic rings. The molecule has 1 fully saturated rings. The van der Waals surface area contributed by atoms with Crippen molar-refractivity contribution < 1.29 is 19.4 Å². The molecular weight excluding hydrogens is 332 g/mol. The topological polar surface area (TPSA) is 78.9 Å². The summed E-state index contributed by atoms with van der Waals surface area (Å²) in [6, 6.07) is 12.3. The lowest BCUT2D eigenvalue weighted by Gasteiger charge is -2.39. The van der Waals surface area contributed by atoms with Crippen molar-refractivity contribution >= 4 is 17.5 Å². The number of carbonyl (C=O) groups excluding carboxylic acids is 2. The van der Waals surface area contributed by atoms with Crippen LogP contribution in [0.5, 0.6) is 11.5 Å². The fourth-order valence-corrected chi connectivity index (χ4v) is 4.01. The van der Waals surface area contributed by atoms with E-state index in [0.29, 0.717) is 30.8 Å². The predicted octanol–water partition coefficient (Wildman–Crippen LogP) is 2.53. The maximum absolute atomic E-state index is 13.0. The molecule has 0 saturated carbocycles. The van der Waals surface area contributed by atoms with Crippen LogP contribution in [0.15, 0.2) is 42.5 Å². The van der Waals surface area contributed by atoms with E-state index in [0.717, 1.165) is 17.7 Å². The lowest BCUT2D eigenvalue weighted by atomic mass is 9.75. The first-order valence-corrected chi connectivity index (χ1v) is 8.62. The molecule has 2 N–H and O–H groups in total. The van der Waals surface area contributed by atoms with Crippen molar-refractivity contribution in [2.24, 2.45) is 0 Å². The van der Waals surface area contributed by atoms with E-state index in [9.17, 15) is 14.7 Å². The summed E-state index contributed by atoms with van der Waals surface area (Å²) in [7, 11) is 1.46. The average molecular weight is 352 g/mol. The molecule has 0 bridgehead atoms. The van der Waals surface area contributed by atoms with Crippen LogP contribution >= 0.6 is 0 Å². The molecule has 2 heterocycles. The molecule has 2 amide bonds. The molecule has 1 saturated heterocycles. The zero-order chi connectivity index (χ0) is 18.3. The summed E-state index contributed by atoms with van der Waals surface area (Å²) in [4.78, 5) is 27.4. The highest BCUT2D eigenvalue weighted by atomic mass is 16.5. The SMILES string of the molecule is COc1ccc(C(=O)N2CCC[C@]3(C2)C(=O)Nc2ccccc23)cc1O. The monoisotopic (exact) mass is 352 g/mol. The minimum atomic E-state index is -0.695. The van der Waals surface area contributed by atoms with Crippen LogP contribution < -0.4 is 10.1 Å². The van der Waals surface area contributed by atoms with Gasteiger partial charge in [-0.2, -0.15) is 0 Å². The molecule has 6 heteroatoms. The Bertz CT molecular complexity index is 895. The van der Waals surface area contributed by atoms with Crippen LogP contribution in [0.25, 0.3) is 0 Å². The van der Waals surface area contributed by atoms with Crippen LogP contribution in [-0.4, -0.2) is 42.0 Å². The number of hydrogen-bond donors (Lipinski definition) is 2. The molecule has 2 aromatic carbocycles. The molecule has 26 heavy (non-hydrogen) atoms. The number of methoxy groups -OCH3 is 1. The van der Waals surface area contributed by atoms with E-state index in [1.54, 1.807) is 17.0 Å². The van der Waals surface area contributed by atoms with Gasteiger partial charge >= 0.3 is 0 Å². The molecule has 0 aromatic heterocycles. The Kier molecular flexibility index (Phi) is 3.83. The van der Waals surface area contributed by atoms with Gasteiger partial charge in [0.1, 0.15) is 0 Å². The fourth-order valence-electron chi connectivity index (χ4n) is 4.01. The summed E-state index contributed by atoms with van der Waals surface area (Å²) in [5, 5.41) is 12.9. The highest BCUT2D eigenvalue weighted by Crippen LogP contribution is 2.43. The van der Waals surface area contributed by atoms with Crippen molar-refractivity contribution in [2.45, 2.75) is 18.3 Å². The second kappa shape index (κ2) is 6.05. The molecule has 6 nitrogen and oxygen atoms in total. The molecule has 1 spiro atoms. The van der Waals surface area contributed by atoms with Crippen LogP contribution in [0.3, 0.4) is 0 Å². The third-order valence-electron chi connectivity index (χ3n) is 5.33. The van der Waals surface area contributed by atoms with Gasteiger partial charge in [-0.15, -0.1) is 0 Å². The highest BCUT2D eigenvalue weighted by molar-refractivity contribution is 6.07. The van der Waals surface area contributed by atoms with Crippen molar-refractivity contribution in [3.05, 3.63) is 53.6 Å². The van der Waals surface area contributed by atoms with Crippen LogP contribution in [-0.2, 0) is 10.2 Å². The maximum Gasteiger partial charge on any atom is 0.254 e. The fraction of sp³-hybridized carbons (Fsp3) is 0.300. The number of nitrogens with one attached hydrogen (secondary N) is 1. The zero-order valence-corrected chi connectivity index (χ0v) is 14.5. The van der Waals surface area contributed by atoms with Gasteiger partial charge in [-0.3, -0.25) is 9.59 Å². The zero-order valence-electron chi connectivity index (χ0n) is 14.5. The predicted molar refractivity (Wildman–Crippen MR) is 96.5 cm³/mol. The number of anilines is 1.